The number of hydrogen-bond acceptors (Lipinski definition) is 4. The van der Waals surface area contributed by atoms with Crippen LogP contribution in [0.2, 0.25) is 0 Å². The van der Waals surface area contributed by atoms with Crippen molar-refractivity contribution in [3.8, 4) is 0 Å². The van der Waals surface area contributed by atoms with Crippen LogP contribution in [0.5, 0.6) is 0 Å². The van der Waals surface area contributed by atoms with Gasteiger partial charge in [0.2, 0.25) is 0 Å². The van der Waals surface area contributed by atoms with Gasteiger partial charge in [0.1, 0.15) is 6.10 Å². The molecule has 0 aromatic rings. The van der Waals surface area contributed by atoms with Gasteiger partial charge < -0.3 is 19.7 Å². The van der Waals surface area contributed by atoms with E-state index in [0.717, 1.165) is 0 Å². The highest BCUT2D eigenvalue weighted by Crippen LogP contribution is 2.29. The van der Waals surface area contributed by atoms with Crippen LogP contribution in [-0.4, -0.2) is 41.9 Å². The van der Waals surface area contributed by atoms with Crippen molar-refractivity contribution in [2.75, 3.05) is 7.11 Å². The fraction of sp³-hybridized carbons (Fsp3) is 1.00. The quantitative estimate of drug-likeness (QED) is 0.682. The molecule has 0 spiro atoms. The van der Waals surface area contributed by atoms with Crippen LogP contribution >= 0.6 is 0 Å². The summed E-state index contributed by atoms with van der Waals surface area (Å²) in [6.07, 6.45) is -2.38. The Morgan fingerprint density at radius 1 is 1.21 bits per heavy atom. The van der Waals surface area contributed by atoms with Crippen molar-refractivity contribution in [1.29, 1.82) is 0 Å². The Morgan fingerprint density at radius 2 is 1.79 bits per heavy atom. The van der Waals surface area contributed by atoms with Gasteiger partial charge in [0.25, 0.3) is 0 Å². The van der Waals surface area contributed by atoms with E-state index in [-0.39, 0.29) is 17.9 Å². The summed E-state index contributed by atoms with van der Waals surface area (Å²) in [6, 6.07) is 0. The Bertz CT molecular complexity index is 181. The summed E-state index contributed by atoms with van der Waals surface area (Å²) in [5.74, 6) is -0.0465. The Labute approximate surface area is 84.8 Å². The number of methoxy groups -OCH3 is 1. The van der Waals surface area contributed by atoms with Crippen LogP contribution in [-0.2, 0) is 9.47 Å². The van der Waals surface area contributed by atoms with E-state index < -0.39 is 18.5 Å². The van der Waals surface area contributed by atoms with Crippen molar-refractivity contribution in [2.24, 2.45) is 11.8 Å². The summed E-state index contributed by atoms with van der Waals surface area (Å²) in [4.78, 5) is 0. The summed E-state index contributed by atoms with van der Waals surface area (Å²) in [6.45, 7) is 5.70. The van der Waals surface area contributed by atoms with E-state index in [4.69, 9.17) is 9.47 Å². The molecular formula is C10H20O4. The van der Waals surface area contributed by atoms with Gasteiger partial charge in [-0.15, -0.1) is 0 Å². The highest BCUT2D eigenvalue weighted by atomic mass is 16.7. The number of hydrogen-bond donors (Lipinski definition) is 2. The average molecular weight is 204 g/mol. The molecule has 0 aliphatic carbocycles. The fourth-order valence-corrected chi connectivity index (χ4v) is 1.85. The Kier molecular flexibility index (Phi) is 3.89. The fourth-order valence-electron chi connectivity index (χ4n) is 1.85. The minimum Gasteiger partial charge on any atom is -0.390 e. The van der Waals surface area contributed by atoms with Crippen LogP contribution in [0.4, 0.5) is 0 Å². The first-order valence-corrected chi connectivity index (χ1v) is 5.03. The molecular weight excluding hydrogens is 184 g/mol. The molecule has 1 saturated heterocycles. The number of aliphatic hydroxyl groups is 2. The molecule has 0 radical (unpaired) electrons. The van der Waals surface area contributed by atoms with Crippen LogP contribution in [0.3, 0.4) is 0 Å². The van der Waals surface area contributed by atoms with Crippen molar-refractivity contribution in [1.82, 2.24) is 0 Å². The summed E-state index contributed by atoms with van der Waals surface area (Å²) < 4.78 is 10.7. The van der Waals surface area contributed by atoms with E-state index in [9.17, 15) is 10.2 Å². The zero-order valence-corrected chi connectivity index (χ0v) is 9.18. The normalized spacial score (nSPS) is 44.4. The summed E-state index contributed by atoms with van der Waals surface area (Å²) >= 11 is 0. The van der Waals surface area contributed by atoms with E-state index in [1.807, 2.05) is 13.8 Å². The van der Waals surface area contributed by atoms with Gasteiger partial charge in [-0.25, -0.2) is 0 Å². The Hall–Kier alpha value is -0.160. The maximum absolute atomic E-state index is 9.76. The Balaban J connectivity index is 2.73. The van der Waals surface area contributed by atoms with E-state index in [1.165, 1.54) is 0 Å². The van der Waals surface area contributed by atoms with Gasteiger partial charge in [-0.1, -0.05) is 20.8 Å². The molecule has 2 N–H and O–H groups in total. The van der Waals surface area contributed by atoms with Crippen molar-refractivity contribution >= 4 is 0 Å². The number of rotatable bonds is 2. The second kappa shape index (κ2) is 4.57. The van der Waals surface area contributed by atoms with E-state index in [0.29, 0.717) is 0 Å². The summed E-state index contributed by atoms with van der Waals surface area (Å²) in [7, 11) is 1.54. The van der Waals surface area contributed by atoms with Gasteiger partial charge in [-0.2, -0.15) is 0 Å². The lowest BCUT2D eigenvalue weighted by Gasteiger charge is -2.42. The largest absolute Gasteiger partial charge is 0.390 e. The van der Waals surface area contributed by atoms with Gasteiger partial charge in [-0.3, -0.25) is 0 Å². The first-order chi connectivity index (χ1) is 6.49. The summed E-state index contributed by atoms with van der Waals surface area (Å²) in [5, 5.41) is 19.5. The molecule has 0 bridgehead atoms. The second-order valence-corrected chi connectivity index (χ2v) is 4.29. The molecule has 4 heteroatoms. The first-order valence-electron chi connectivity index (χ1n) is 5.03. The molecule has 1 aliphatic rings. The third kappa shape index (κ3) is 2.08. The van der Waals surface area contributed by atoms with Crippen LogP contribution in [0.25, 0.3) is 0 Å². The molecule has 5 atom stereocenters. The molecule has 0 aromatic carbocycles. The molecule has 1 heterocycles. The predicted molar refractivity (Wildman–Crippen MR) is 51.7 cm³/mol. The van der Waals surface area contributed by atoms with Crippen LogP contribution in [0, 0.1) is 11.8 Å². The lowest BCUT2D eigenvalue weighted by Crippen LogP contribution is -2.55. The van der Waals surface area contributed by atoms with Crippen molar-refractivity contribution in [3.63, 3.8) is 0 Å². The van der Waals surface area contributed by atoms with Gasteiger partial charge in [0, 0.05) is 13.0 Å². The SMILES string of the molecule is CO[C@H]1O[C@H](C(C)C)[C@@H](O)[C@H](O)[C@H]1C. The maximum Gasteiger partial charge on any atom is 0.162 e. The van der Waals surface area contributed by atoms with Gasteiger partial charge >= 0.3 is 0 Å². The van der Waals surface area contributed by atoms with Gasteiger partial charge in [0.15, 0.2) is 6.29 Å². The molecule has 0 amide bonds. The monoisotopic (exact) mass is 204 g/mol. The zero-order valence-electron chi connectivity index (χ0n) is 9.18. The molecule has 14 heavy (non-hydrogen) atoms. The number of ether oxygens (including phenoxy) is 2. The average Bonchev–Trinajstić information content (AvgIpc) is 2.14. The highest BCUT2D eigenvalue weighted by Gasteiger charge is 2.43. The highest BCUT2D eigenvalue weighted by molar-refractivity contribution is 4.88. The molecule has 1 fully saturated rings. The molecule has 4 nitrogen and oxygen atoms in total. The minimum atomic E-state index is -0.823. The summed E-state index contributed by atoms with van der Waals surface area (Å²) in [5.41, 5.74) is 0. The predicted octanol–water partition coefficient (Wildman–Crippen LogP) is 0.372. The molecule has 1 aliphatic heterocycles. The third-order valence-corrected chi connectivity index (χ3v) is 2.84. The topological polar surface area (TPSA) is 58.9 Å². The number of aliphatic hydroxyl groups excluding tert-OH is 2. The Morgan fingerprint density at radius 3 is 2.21 bits per heavy atom. The molecule has 84 valence electrons. The third-order valence-electron chi connectivity index (χ3n) is 2.84. The molecule has 1 rings (SSSR count). The maximum atomic E-state index is 9.76. The minimum absolute atomic E-state index is 0.157. The first kappa shape index (κ1) is 11.9. The van der Waals surface area contributed by atoms with E-state index in [2.05, 4.69) is 0 Å². The van der Waals surface area contributed by atoms with Gasteiger partial charge in [-0.05, 0) is 5.92 Å². The van der Waals surface area contributed by atoms with Crippen molar-refractivity contribution in [3.05, 3.63) is 0 Å². The van der Waals surface area contributed by atoms with Gasteiger partial charge in [0.05, 0.1) is 12.2 Å². The smallest absolute Gasteiger partial charge is 0.162 e. The van der Waals surface area contributed by atoms with Crippen LogP contribution in [0.1, 0.15) is 20.8 Å². The van der Waals surface area contributed by atoms with Crippen LogP contribution in [0.15, 0.2) is 0 Å². The van der Waals surface area contributed by atoms with Crippen molar-refractivity contribution < 1.29 is 19.7 Å². The lowest BCUT2D eigenvalue weighted by molar-refractivity contribution is -0.277. The molecule has 0 aromatic heterocycles. The van der Waals surface area contributed by atoms with E-state index >= 15 is 0 Å². The van der Waals surface area contributed by atoms with Crippen molar-refractivity contribution in [2.45, 2.75) is 45.4 Å². The van der Waals surface area contributed by atoms with E-state index in [1.54, 1.807) is 14.0 Å². The molecule has 0 unspecified atom stereocenters. The lowest BCUT2D eigenvalue weighted by atomic mass is 9.88. The van der Waals surface area contributed by atoms with Crippen LogP contribution < -0.4 is 0 Å². The molecule has 0 saturated carbocycles. The zero-order chi connectivity index (χ0) is 10.9. The second-order valence-electron chi connectivity index (χ2n) is 4.29. The standard InChI is InChI=1S/C10H20O4/c1-5(2)9-8(12)7(11)6(3)10(13-4)14-9/h5-12H,1-4H3/t6-,7-,8+,9-,10+/m1/s1.